The van der Waals surface area contributed by atoms with E-state index in [1.807, 2.05) is 30.5 Å². The Labute approximate surface area is 140 Å². The number of benzene rings is 2. The van der Waals surface area contributed by atoms with Crippen molar-refractivity contribution in [2.24, 2.45) is 0 Å². The first-order valence-electron chi connectivity index (χ1n) is 7.83. The van der Waals surface area contributed by atoms with Crippen LogP contribution < -0.4 is 20.8 Å². The summed E-state index contributed by atoms with van der Waals surface area (Å²) in [7, 11) is 1.61. The molecule has 1 aromatic heterocycles. The topological polar surface area (TPSA) is 66.5 Å². The molecule has 0 spiro atoms. The molecule has 3 aromatic rings. The predicted octanol–water partition coefficient (Wildman–Crippen LogP) is 3.06. The highest BCUT2D eigenvalue weighted by molar-refractivity contribution is 5.82. The zero-order valence-corrected chi connectivity index (χ0v) is 13.6. The van der Waals surface area contributed by atoms with Gasteiger partial charge in [0.1, 0.15) is 11.5 Å². The second kappa shape index (κ2) is 7.08. The monoisotopic (exact) mass is 324 g/mol. The first-order valence-corrected chi connectivity index (χ1v) is 7.83. The number of aromatic nitrogens is 1. The van der Waals surface area contributed by atoms with Crippen molar-refractivity contribution >= 4 is 16.5 Å². The van der Waals surface area contributed by atoms with E-state index in [4.69, 9.17) is 15.2 Å². The van der Waals surface area contributed by atoms with Crippen LogP contribution in [0.2, 0.25) is 0 Å². The number of nitrogens with zero attached hydrogens (tertiary/aromatic N) is 1. The van der Waals surface area contributed by atoms with Gasteiger partial charge in [-0.05, 0) is 60.3 Å². The van der Waals surface area contributed by atoms with E-state index in [1.54, 1.807) is 35.9 Å². The molecule has 5 heteroatoms. The molecular weight excluding hydrogens is 304 g/mol. The Morgan fingerprint density at radius 2 is 1.79 bits per heavy atom. The van der Waals surface area contributed by atoms with E-state index in [1.165, 1.54) is 0 Å². The van der Waals surface area contributed by atoms with Gasteiger partial charge in [0.25, 0.3) is 5.56 Å². The lowest BCUT2D eigenvalue weighted by atomic mass is 10.1. The molecule has 1 heterocycles. The number of nitrogen functional groups attached to an aromatic ring is 1. The molecule has 124 valence electrons. The van der Waals surface area contributed by atoms with Crippen LogP contribution in [0.5, 0.6) is 11.5 Å². The molecule has 0 aliphatic heterocycles. The summed E-state index contributed by atoms with van der Waals surface area (Å²) in [6.45, 7) is 1.15. The molecule has 0 aliphatic rings. The summed E-state index contributed by atoms with van der Waals surface area (Å²) in [6, 6.07) is 14.7. The van der Waals surface area contributed by atoms with Crippen LogP contribution in [-0.4, -0.2) is 18.3 Å². The highest BCUT2D eigenvalue weighted by atomic mass is 16.5. The molecule has 0 radical (unpaired) electrons. The van der Waals surface area contributed by atoms with Gasteiger partial charge in [-0.15, -0.1) is 0 Å². The maximum absolute atomic E-state index is 12.5. The summed E-state index contributed by atoms with van der Waals surface area (Å²) in [4.78, 5) is 12.5. The molecule has 2 N–H and O–H groups in total. The largest absolute Gasteiger partial charge is 0.497 e. The average Bonchev–Trinajstić information content (AvgIpc) is 2.61. The second-order valence-electron chi connectivity index (χ2n) is 5.54. The van der Waals surface area contributed by atoms with Crippen LogP contribution in [0.3, 0.4) is 0 Å². The summed E-state index contributed by atoms with van der Waals surface area (Å²) in [5.41, 5.74) is 6.35. The van der Waals surface area contributed by atoms with Crippen molar-refractivity contribution in [3.63, 3.8) is 0 Å². The van der Waals surface area contributed by atoms with Crippen molar-refractivity contribution < 1.29 is 9.47 Å². The molecule has 0 saturated heterocycles. The Balaban J connectivity index is 1.64. The average molecular weight is 324 g/mol. The fourth-order valence-corrected chi connectivity index (χ4v) is 2.56. The van der Waals surface area contributed by atoms with Crippen LogP contribution in [0.4, 0.5) is 5.69 Å². The van der Waals surface area contributed by atoms with Crippen LogP contribution in [0, 0.1) is 0 Å². The molecule has 3 rings (SSSR count). The van der Waals surface area contributed by atoms with E-state index in [0.717, 1.165) is 23.3 Å². The van der Waals surface area contributed by atoms with Crippen molar-refractivity contribution in [2.75, 3.05) is 19.5 Å². The van der Waals surface area contributed by atoms with Crippen molar-refractivity contribution in [3.05, 3.63) is 65.1 Å². The normalized spacial score (nSPS) is 10.7. The van der Waals surface area contributed by atoms with Crippen LogP contribution in [0.15, 0.2) is 59.5 Å². The number of methoxy groups -OCH3 is 1. The van der Waals surface area contributed by atoms with Gasteiger partial charge in [-0.1, -0.05) is 0 Å². The third-order valence-corrected chi connectivity index (χ3v) is 3.88. The van der Waals surface area contributed by atoms with Crippen LogP contribution >= 0.6 is 0 Å². The quantitative estimate of drug-likeness (QED) is 0.559. The third-order valence-electron chi connectivity index (χ3n) is 3.88. The Hall–Kier alpha value is -2.95. The third kappa shape index (κ3) is 3.51. The SMILES string of the molecule is COc1ccc2c(=O)n(CCCOc3ccc(N)cc3)ccc2c1. The number of hydrogen-bond acceptors (Lipinski definition) is 4. The van der Waals surface area contributed by atoms with Gasteiger partial charge in [-0.3, -0.25) is 4.79 Å². The molecule has 0 aliphatic carbocycles. The maximum atomic E-state index is 12.5. The Kier molecular flexibility index (Phi) is 4.70. The Bertz CT molecular complexity index is 885. The highest BCUT2D eigenvalue weighted by Crippen LogP contribution is 2.18. The molecule has 24 heavy (non-hydrogen) atoms. The summed E-state index contributed by atoms with van der Waals surface area (Å²) in [5, 5.41) is 1.58. The molecule has 2 aromatic carbocycles. The molecule has 0 unspecified atom stereocenters. The summed E-state index contributed by atoms with van der Waals surface area (Å²) >= 11 is 0. The fourth-order valence-electron chi connectivity index (χ4n) is 2.56. The number of anilines is 1. The lowest BCUT2D eigenvalue weighted by Crippen LogP contribution is -2.20. The zero-order valence-electron chi connectivity index (χ0n) is 13.6. The Morgan fingerprint density at radius 1 is 1.04 bits per heavy atom. The fraction of sp³-hybridized carbons (Fsp3) is 0.211. The van der Waals surface area contributed by atoms with Gasteiger partial charge in [0, 0.05) is 23.8 Å². The lowest BCUT2D eigenvalue weighted by molar-refractivity contribution is 0.301. The zero-order chi connectivity index (χ0) is 16.9. The van der Waals surface area contributed by atoms with Crippen LogP contribution in [0.1, 0.15) is 6.42 Å². The van der Waals surface area contributed by atoms with Crippen LogP contribution in [0.25, 0.3) is 10.8 Å². The van der Waals surface area contributed by atoms with Crippen molar-refractivity contribution in [1.29, 1.82) is 0 Å². The molecule has 0 saturated carbocycles. The number of pyridine rings is 1. The van der Waals surface area contributed by atoms with Gasteiger partial charge in [-0.25, -0.2) is 0 Å². The van der Waals surface area contributed by atoms with E-state index in [0.29, 0.717) is 24.2 Å². The van der Waals surface area contributed by atoms with E-state index in [-0.39, 0.29) is 5.56 Å². The standard InChI is InChI=1S/C19H20N2O3/c1-23-17-7-8-18-14(13-17)9-11-21(19(18)22)10-2-12-24-16-5-3-15(20)4-6-16/h3-9,11,13H,2,10,12,20H2,1H3. The minimum atomic E-state index is 0.00244. The molecule has 0 atom stereocenters. The minimum Gasteiger partial charge on any atom is -0.497 e. The predicted molar refractivity (Wildman–Crippen MR) is 95.7 cm³/mol. The number of aryl methyl sites for hydroxylation is 1. The molecule has 0 amide bonds. The summed E-state index contributed by atoms with van der Waals surface area (Å²) in [6.07, 6.45) is 2.55. The molecule has 5 nitrogen and oxygen atoms in total. The minimum absolute atomic E-state index is 0.00244. The molecule has 0 fully saturated rings. The number of hydrogen-bond donors (Lipinski definition) is 1. The van der Waals surface area contributed by atoms with Crippen LogP contribution in [-0.2, 0) is 6.54 Å². The molecule has 0 bridgehead atoms. The number of rotatable bonds is 6. The summed E-state index contributed by atoms with van der Waals surface area (Å²) in [5.74, 6) is 1.53. The molecular formula is C19H20N2O3. The summed E-state index contributed by atoms with van der Waals surface area (Å²) < 4.78 is 12.6. The van der Waals surface area contributed by atoms with Gasteiger partial charge in [0.15, 0.2) is 0 Å². The number of nitrogens with two attached hydrogens (primary N) is 1. The van der Waals surface area contributed by atoms with E-state index in [9.17, 15) is 4.79 Å². The van der Waals surface area contributed by atoms with Crippen molar-refractivity contribution in [2.45, 2.75) is 13.0 Å². The number of ether oxygens (including phenoxy) is 2. The Morgan fingerprint density at radius 3 is 2.54 bits per heavy atom. The van der Waals surface area contributed by atoms with E-state index in [2.05, 4.69) is 0 Å². The highest BCUT2D eigenvalue weighted by Gasteiger charge is 2.04. The first-order chi connectivity index (χ1) is 11.7. The van der Waals surface area contributed by atoms with Gasteiger partial charge in [-0.2, -0.15) is 0 Å². The number of fused-ring (bicyclic) bond motifs is 1. The second-order valence-corrected chi connectivity index (χ2v) is 5.54. The lowest BCUT2D eigenvalue weighted by Gasteiger charge is -2.09. The van der Waals surface area contributed by atoms with E-state index >= 15 is 0 Å². The van der Waals surface area contributed by atoms with E-state index < -0.39 is 0 Å². The van der Waals surface area contributed by atoms with Gasteiger partial charge in [0.05, 0.1) is 13.7 Å². The van der Waals surface area contributed by atoms with Crippen molar-refractivity contribution in [1.82, 2.24) is 4.57 Å². The first kappa shape index (κ1) is 15.9. The van der Waals surface area contributed by atoms with Gasteiger partial charge >= 0.3 is 0 Å². The van der Waals surface area contributed by atoms with Gasteiger partial charge < -0.3 is 19.8 Å². The van der Waals surface area contributed by atoms with Gasteiger partial charge in [0.2, 0.25) is 0 Å². The maximum Gasteiger partial charge on any atom is 0.258 e. The van der Waals surface area contributed by atoms with Crippen molar-refractivity contribution in [3.8, 4) is 11.5 Å². The smallest absolute Gasteiger partial charge is 0.258 e.